The molecule has 14 heavy (non-hydrogen) atoms. The third kappa shape index (κ3) is 1.31. The molecule has 0 aliphatic rings. The van der Waals surface area contributed by atoms with Gasteiger partial charge < -0.3 is 9.88 Å². The van der Waals surface area contributed by atoms with Gasteiger partial charge in [0.15, 0.2) is 0 Å². The van der Waals surface area contributed by atoms with Crippen LogP contribution < -0.4 is 5.32 Å². The molecule has 2 aromatic rings. The second-order valence-corrected chi connectivity index (χ2v) is 3.73. The number of aryl methyl sites for hydroxylation is 1. The zero-order chi connectivity index (χ0) is 10.1. The highest BCUT2D eigenvalue weighted by atomic mass is 35.5. The van der Waals surface area contributed by atoms with E-state index in [1.165, 1.54) is 16.5 Å². The molecule has 0 saturated heterocycles. The highest BCUT2D eigenvalue weighted by molar-refractivity contribution is 6.32. The number of rotatable bonds is 2. The van der Waals surface area contributed by atoms with Crippen LogP contribution in [0.15, 0.2) is 24.3 Å². The van der Waals surface area contributed by atoms with Gasteiger partial charge in [0.25, 0.3) is 0 Å². The van der Waals surface area contributed by atoms with Crippen LogP contribution in [-0.4, -0.2) is 11.6 Å². The van der Waals surface area contributed by atoms with Crippen LogP contribution in [0.2, 0.25) is 5.15 Å². The van der Waals surface area contributed by atoms with Gasteiger partial charge in [-0.1, -0.05) is 29.8 Å². The fourth-order valence-electron chi connectivity index (χ4n) is 1.79. The second-order valence-electron chi connectivity index (χ2n) is 3.38. The molecular weight excluding hydrogens is 196 g/mol. The number of fused-ring (bicyclic) bond motifs is 1. The molecule has 0 spiro atoms. The van der Waals surface area contributed by atoms with E-state index in [-0.39, 0.29) is 0 Å². The molecule has 1 heterocycles. The van der Waals surface area contributed by atoms with E-state index in [9.17, 15) is 0 Å². The molecule has 2 rings (SSSR count). The molecule has 0 unspecified atom stereocenters. The Morgan fingerprint density at radius 2 is 2.07 bits per heavy atom. The van der Waals surface area contributed by atoms with Crippen LogP contribution in [0.1, 0.15) is 5.56 Å². The Morgan fingerprint density at radius 1 is 1.36 bits per heavy atom. The van der Waals surface area contributed by atoms with Gasteiger partial charge in [-0.15, -0.1) is 0 Å². The summed E-state index contributed by atoms with van der Waals surface area (Å²) in [6.45, 7) is 0.806. The number of benzene rings is 1. The number of para-hydroxylation sites is 1. The number of halogens is 1. The van der Waals surface area contributed by atoms with E-state index in [1.54, 1.807) is 0 Å². The third-order valence-corrected chi connectivity index (χ3v) is 2.97. The molecule has 0 aliphatic carbocycles. The topological polar surface area (TPSA) is 17.0 Å². The van der Waals surface area contributed by atoms with Crippen molar-refractivity contribution in [1.29, 1.82) is 0 Å². The van der Waals surface area contributed by atoms with Crippen molar-refractivity contribution >= 4 is 22.5 Å². The third-order valence-electron chi connectivity index (χ3n) is 2.49. The summed E-state index contributed by atoms with van der Waals surface area (Å²) in [6, 6.07) is 8.26. The standard InChI is InChI=1S/C11H13ClN2/c1-13-7-9-8-5-3-4-6-10(8)14(2)11(9)12/h3-6,13H,7H2,1-2H3. The highest BCUT2D eigenvalue weighted by Crippen LogP contribution is 2.28. The lowest BCUT2D eigenvalue weighted by atomic mass is 10.2. The summed E-state index contributed by atoms with van der Waals surface area (Å²) in [5.41, 5.74) is 2.36. The first-order chi connectivity index (χ1) is 6.75. The minimum atomic E-state index is 0.806. The first-order valence-electron chi connectivity index (χ1n) is 4.62. The molecule has 0 aliphatic heterocycles. The first kappa shape index (κ1) is 9.56. The van der Waals surface area contributed by atoms with Crippen LogP contribution in [0, 0.1) is 0 Å². The molecule has 1 N–H and O–H groups in total. The van der Waals surface area contributed by atoms with Crippen molar-refractivity contribution in [2.45, 2.75) is 6.54 Å². The smallest absolute Gasteiger partial charge is 0.114 e. The highest BCUT2D eigenvalue weighted by Gasteiger charge is 2.11. The Bertz CT molecular complexity index is 460. The zero-order valence-electron chi connectivity index (χ0n) is 8.34. The second kappa shape index (κ2) is 3.64. The zero-order valence-corrected chi connectivity index (χ0v) is 9.10. The summed E-state index contributed by atoms with van der Waals surface area (Å²) in [5, 5.41) is 5.18. The first-order valence-corrected chi connectivity index (χ1v) is 5.00. The molecule has 2 nitrogen and oxygen atoms in total. The fourth-order valence-corrected chi connectivity index (χ4v) is 2.05. The molecule has 1 aromatic carbocycles. The van der Waals surface area contributed by atoms with Crippen molar-refractivity contribution in [3.05, 3.63) is 35.0 Å². The van der Waals surface area contributed by atoms with Crippen molar-refractivity contribution in [2.75, 3.05) is 7.05 Å². The summed E-state index contributed by atoms with van der Waals surface area (Å²) in [5.74, 6) is 0. The van der Waals surface area contributed by atoms with Crippen LogP contribution in [0.4, 0.5) is 0 Å². The van der Waals surface area contributed by atoms with E-state index in [2.05, 4.69) is 17.4 Å². The quantitative estimate of drug-likeness (QED) is 0.803. The summed E-state index contributed by atoms with van der Waals surface area (Å²) in [6.07, 6.45) is 0. The van der Waals surface area contributed by atoms with Gasteiger partial charge in [-0.05, 0) is 13.1 Å². The Hall–Kier alpha value is -0.990. The predicted molar refractivity (Wildman–Crippen MR) is 60.7 cm³/mol. The number of nitrogens with one attached hydrogen (secondary N) is 1. The Labute approximate surface area is 88.5 Å². The summed E-state index contributed by atoms with van der Waals surface area (Å²) in [4.78, 5) is 0. The van der Waals surface area contributed by atoms with Gasteiger partial charge >= 0.3 is 0 Å². The lowest BCUT2D eigenvalue weighted by Gasteiger charge is -1.98. The van der Waals surface area contributed by atoms with E-state index in [0.717, 1.165) is 11.7 Å². The fraction of sp³-hybridized carbons (Fsp3) is 0.273. The van der Waals surface area contributed by atoms with Gasteiger partial charge in [0.05, 0.1) is 0 Å². The molecule has 74 valence electrons. The van der Waals surface area contributed by atoms with Crippen molar-refractivity contribution in [3.8, 4) is 0 Å². The van der Waals surface area contributed by atoms with Gasteiger partial charge in [-0.25, -0.2) is 0 Å². The minimum absolute atomic E-state index is 0.806. The molecule has 0 saturated carbocycles. The van der Waals surface area contributed by atoms with Crippen molar-refractivity contribution in [3.63, 3.8) is 0 Å². The lowest BCUT2D eigenvalue weighted by Crippen LogP contribution is -2.05. The molecule has 0 fully saturated rings. The van der Waals surface area contributed by atoms with E-state index in [4.69, 9.17) is 11.6 Å². The van der Waals surface area contributed by atoms with Crippen LogP contribution in [0.3, 0.4) is 0 Å². The number of aromatic nitrogens is 1. The Kier molecular flexibility index (Phi) is 2.48. The maximum atomic E-state index is 6.24. The number of hydrogen-bond donors (Lipinski definition) is 1. The summed E-state index contributed by atoms with van der Waals surface area (Å²) in [7, 11) is 3.92. The monoisotopic (exact) mass is 208 g/mol. The van der Waals surface area contributed by atoms with E-state index < -0.39 is 0 Å². The maximum absolute atomic E-state index is 6.24. The molecule has 0 radical (unpaired) electrons. The van der Waals surface area contributed by atoms with Crippen LogP contribution in [0.5, 0.6) is 0 Å². The van der Waals surface area contributed by atoms with Gasteiger partial charge in [-0.3, -0.25) is 0 Å². The van der Waals surface area contributed by atoms with Crippen LogP contribution >= 0.6 is 11.6 Å². The minimum Gasteiger partial charge on any atom is -0.334 e. The van der Waals surface area contributed by atoms with Gasteiger partial charge in [-0.2, -0.15) is 0 Å². The normalized spacial score (nSPS) is 11.1. The Balaban J connectivity index is 2.74. The Morgan fingerprint density at radius 3 is 2.79 bits per heavy atom. The van der Waals surface area contributed by atoms with E-state index >= 15 is 0 Å². The summed E-state index contributed by atoms with van der Waals surface area (Å²) >= 11 is 6.24. The molecule has 0 bridgehead atoms. The SMILES string of the molecule is CNCc1c(Cl)n(C)c2ccccc12. The van der Waals surface area contributed by atoms with Crippen molar-refractivity contribution in [2.24, 2.45) is 7.05 Å². The molecular formula is C11H13ClN2. The van der Waals surface area contributed by atoms with Gasteiger partial charge in [0.1, 0.15) is 5.15 Å². The summed E-state index contributed by atoms with van der Waals surface area (Å²) < 4.78 is 2.02. The average molecular weight is 209 g/mol. The van der Waals surface area contributed by atoms with Crippen molar-refractivity contribution in [1.82, 2.24) is 9.88 Å². The molecule has 3 heteroatoms. The van der Waals surface area contributed by atoms with E-state index in [1.807, 2.05) is 30.8 Å². The largest absolute Gasteiger partial charge is 0.334 e. The average Bonchev–Trinajstić information content (AvgIpc) is 2.45. The predicted octanol–water partition coefficient (Wildman–Crippen LogP) is 2.55. The number of hydrogen-bond acceptors (Lipinski definition) is 1. The molecule has 0 atom stereocenters. The van der Waals surface area contributed by atoms with Crippen LogP contribution in [-0.2, 0) is 13.6 Å². The lowest BCUT2D eigenvalue weighted by molar-refractivity contribution is 0.816. The van der Waals surface area contributed by atoms with Gasteiger partial charge in [0, 0.05) is 30.1 Å². The number of nitrogens with zero attached hydrogens (tertiary/aromatic N) is 1. The van der Waals surface area contributed by atoms with Gasteiger partial charge in [0.2, 0.25) is 0 Å². The molecule has 0 amide bonds. The van der Waals surface area contributed by atoms with Crippen LogP contribution in [0.25, 0.3) is 10.9 Å². The maximum Gasteiger partial charge on any atom is 0.114 e. The van der Waals surface area contributed by atoms with E-state index in [0.29, 0.717) is 0 Å². The van der Waals surface area contributed by atoms with Crippen molar-refractivity contribution < 1.29 is 0 Å². The molecule has 1 aromatic heterocycles.